The number of hydrogen-bond donors (Lipinski definition) is 1. The van der Waals surface area contributed by atoms with Crippen LogP contribution in [0.25, 0.3) is 0 Å². The van der Waals surface area contributed by atoms with Crippen LogP contribution in [-0.4, -0.2) is 13.7 Å². The van der Waals surface area contributed by atoms with Crippen LogP contribution in [0.15, 0.2) is 42.5 Å². The van der Waals surface area contributed by atoms with Crippen molar-refractivity contribution in [1.29, 1.82) is 0 Å². The van der Waals surface area contributed by atoms with Crippen molar-refractivity contribution in [1.82, 2.24) is 0 Å². The van der Waals surface area contributed by atoms with Gasteiger partial charge in [0.05, 0.1) is 13.7 Å². The number of para-hydroxylation sites is 1. The van der Waals surface area contributed by atoms with Crippen molar-refractivity contribution in [3.8, 4) is 23.3 Å². The largest absolute Gasteiger partial charge is 0.496 e. The molecule has 2 rings (SSSR count). The van der Waals surface area contributed by atoms with Gasteiger partial charge in [-0.1, -0.05) is 30.0 Å². The van der Waals surface area contributed by atoms with E-state index in [-0.39, 0.29) is 18.9 Å². The summed E-state index contributed by atoms with van der Waals surface area (Å²) in [4.78, 5) is 0. The predicted octanol–water partition coefficient (Wildman–Crippen LogP) is 2.72. The summed E-state index contributed by atoms with van der Waals surface area (Å²) in [5.74, 6) is 6.00. The first-order chi connectivity index (χ1) is 10.2. The van der Waals surface area contributed by atoms with Gasteiger partial charge in [-0.05, 0) is 24.3 Å². The standard InChI is InChI=1S/C17H16FNO2/c1-20-16-7-3-2-6-14(16)12-21-17-11-13(5-4-10-19)8-9-15(17)18/h2-3,6-9,11H,10,12,19H2,1H3. The summed E-state index contributed by atoms with van der Waals surface area (Å²) in [5.41, 5.74) is 6.83. The highest BCUT2D eigenvalue weighted by Crippen LogP contribution is 2.23. The Morgan fingerprint density at radius 1 is 1.14 bits per heavy atom. The van der Waals surface area contributed by atoms with Crippen LogP contribution < -0.4 is 15.2 Å². The molecular formula is C17H16FNO2. The molecule has 2 aromatic rings. The highest BCUT2D eigenvalue weighted by atomic mass is 19.1. The van der Waals surface area contributed by atoms with Gasteiger partial charge in [-0.2, -0.15) is 0 Å². The maximum atomic E-state index is 13.7. The van der Waals surface area contributed by atoms with Crippen molar-refractivity contribution in [2.45, 2.75) is 6.61 Å². The van der Waals surface area contributed by atoms with Gasteiger partial charge in [-0.15, -0.1) is 0 Å². The van der Waals surface area contributed by atoms with E-state index in [1.807, 2.05) is 24.3 Å². The summed E-state index contributed by atoms with van der Waals surface area (Å²) in [6, 6.07) is 11.9. The first-order valence-corrected chi connectivity index (χ1v) is 6.47. The number of hydrogen-bond acceptors (Lipinski definition) is 3. The predicted molar refractivity (Wildman–Crippen MR) is 79.7 cm³/mol. The fourth-order valence-electron chi connectivity index (χ4n) is 1.82. The van der Waals surface area contributed by atoms with Gasteiger partial charge in [0.2, 0.25) is 0 Å². The van der Waals surface area contributed by atoms with Crippen molar-refractivity contribution in [2.24, 2.45) is 5.73 Å². The van der Waals surface area contributed by atoms with Gasteiger partial charge in [0.15, 0.2) is 11.6 Å². The van der Waals surface area contributed by atoms with Crippen LogP contribution >= 0.6 is 0 Å². The van der Waals surface area contributed by atoms with E-state index in [1.54, 1.807) is 19.2 Å². The fourth-order valence-corrected chi connectivity index (χ4v) is 1.82. The second kappa shape index (κ2) is 7.32. The quantitative estimate of drug-likeness (QED) is 0.878. The molecule has 0 aliphatic carbocycles. The normalized spacial score (nSPS) is 9.67. The van der Waals surface area contributed by atoms with Crippen LogP contribution in [0.3, 0.4) is 0 Å². The Labute approximate surface area is 123 Å². The molecule has 0 saturated carbocycles. The summed E-state index contributed by atoms with van der Waals surface area (Å²) < 4.78 is 24.5. The van der Waals surface area contributed by atoms with Crippen molar-refractivity contribution < 1.29 is 13.9 Å². The van der Waals surface area contributed by atoms with Crippen molar-refractivity contribution in [2.75, 3.05) is 13.7 Å². The maximum absolute atomic E-state index is 13.7. The summed E-state index contributed by atoms with van der Waals surface area (Å²) in [6.07, 6.45) is 0. The van der Waals surface area contributed by atoms with Crippen LogP contribution in [0.4, 0.5) is 4.39 Å². The van der Waals surface area contributed by atoms with Gasteiger partial charge in [0, 0.05) is 11.1 Å². The van der Waals surface area contributed by atoms with E-state index in [0.29, 0.717) is 11.3 Å². The van der Waals surface area contributed by atoms with E-state index in [4.69, 9.17) is 15.2 Å². The minimum absolute atomic E-state index is 0.157. The molecule has 0 unspecified atom stereocenters. The van der Waals surface area contributed by atoms with Gasteiger partial charge in [0.25, 0.3) is 0 Å². The van der Waals surface area contributed by atoms with Gasteiger partial charge in [-0.3, -0.25) is 0 Å². The van der Waals surface area contributed by atoms with Crippen LogP contribution in [0.5, 0.6) is 11.5 Å². The number of ether oxygens (including phenoxy) is 2. The fraction of sp³-hybridized carbons (Fsp3) is 0.176. The Morgan fingerprint density at radius 2 is 1.95 bits per heavy atom. The Hall–Kier alpha value is -2.51. The minimum atomic E-state index is -0.428. The first kappa shape index (κ1) is 14.9. The number of rotatable bonds is 4. The monoisotopic (exact) mass is 285 g/mol. The number of nitrogens with two attached hydrogens (primary N) is 1. The smallest absolute Gasteiger partial charge is 0.165 e. The molecule has 21 heavy (non-hydrogen) atoms. The zero-order valence-corrected chi connectivity index (χ0v) is 11.7. The second-order valence-electron chi connectivity index (χ2n) is 4.25. The molecule has 0 fully saturated rings. The Kier molecular flexibility index (Phi) is 5.19. The lowest BCUT2D eigenvalue weighted by atomic mass is 10.2. The van der Waals surface area contributed by atoms with Gasteiger partial charge < -0.3 is 15.2 Å². The van der Waals surface area contributed by atoms with Crippen LogP contribution in [0.1, 0.15) is 11.1 Å². The summed E-state index contributed by atoms with van der Waals surface area (Å²) in [5, 5.41) is 0. The number of methoxy groups -OCH3 is 1. The SMILES string of the molecule is COc1ccccc1COc1cc(C#CCN)ccc1F. The van der Waals surface area contributed by atoms with Crippen molar-refractivity contribution >= 4 is 0 Å². The van der Waals surface area contributed by atoms with Crippen LogP contribution in [-0.2, 0) is 6.61 Å². The third-order valence-corrected chi connectivity index (χ3v) is 2.84. The van der Waals surface area contributed by atoms with Crippen molar-refractivity contribution in [3.05, 3.63) is 59.4 Å². The lowest BCUT2D eigenvalue weighted by Gasteiger charge is -2.10. The molecule has 3 nitrogen and oxygen atoms in total. The molecule has 0 aliphatic rings. The molecule has 0 aliphatic heterocycles. The summed E-state index contributed by atoms with van der Waals surface area (Å²) >= 11 is 0. The van der Waals surface area contributed by atoms with E-state index in [1.165, 1.54) is 6.07 Å². The van der Waals surface area contributed by atoms with E-state index in [0.717, 1.165) is 5.56 Å². The second-order valence-corrected chi connectivity index (χ2v) is 4.25. The molecule has 0 aromatic heterocycles. The average molecular weight is 285 g/mol. The van der Waals surface area contributed by atoms with Gasteiger partial charge >= 0.3 is 0 Å². The zero-order valence-electron chi connectivity index (χ0n) is 11.7. The zero-order chi connectivity index (χ0) is 15.1. The molecule has 108 valence electrons. The molecule has 0 bridgehead atoms. The molecule has 2 N–H and O–H groups in total. The third kappa shape index (κ3) is 3.98. The highest BCUT2D eigenvalue weighted by molar-refractivity contribution is 5.41. The molecular weight excluding hydrogens is 269 g/mol. The third-order valence-electron chi connectivity index (χ3n) is 2.84. The minimum Gasteiger partial charge on any atom is -0.496 e. The Balaban J connectivity index is 2.15. The van der Waals surface area contributed by atoms with Crippen LogP contribution in [0.2, 0.25) is 0 Å². The molecule has 0 spiro atoms. The van der Waals surface area contributed by atoms with Gasteiger partial charge in [0.1, 0.15) is 12.4 Å². The van der Waals surface area contributed by atoms with E-state index < -0.39 is 5.82 Å². The molecule has 4 heteroatoms. The maximum Gasteiger partial charge on any atom is 0.165 e. The van der Waals surface area contributed by atoms with Gasteiger partial charge in [-0.25, -0.2) is 4.39 Å². The molecule has 0 atom stereocenters. The average Bonchev–Trinajstić information content (AvgIpc) is 2.53. The molecule has 0 heterocycles. The van der Waals surface area contributed by atoms with Crippen LogP contribution in [0, 0.1) is 17.7 Å². The summed E-state index contributed by atoms with van der Waals surface area (Å²) in [7, 11) is 1.59. The lowest BCUT2D eigenvalue weighted by molar-refractivity contribution is 0.282. The van der Waals surface area contributed by atoms with E-state index >= 15 is 0 Å². The molecule has 0 amide bonds. The Bertz CT molecular complexity index is 674. The number of benzene rings is 2. The molecule has 0 saturated heterocycles. The van der Waals surface area contributed by atoms with E-state index in [2.05, 4.69) is 11.8 Å². The molecule has 0 radical (unpaired) electrons. The topological polar surface area (TPSA) is 44.5 Å². The summed E-state index contributed by atoms with van der Waals surface area (Å²) in [6.45, 7) is 0.476. The lowest BCUT2D eigenvalue weighted by Crippen LogP contribution is -2.00. The Morgan fingerprint density at radius 3 is 2.71 bits per heavy atom. The van der Waals surface area contributed by atoms with E-state index in [9.17, 15) is 4.39 Å². The van der Waals surface area contributed by atoms with Crippen molar-refractivity contribution in [3.63, 3.8) is 0 Å². The first-order valence-electron chi connectivity index (χ1n) is 6.47. The molecule has 2 aromatic carbocycles. The number of halogens is 1. The highest BCUT2D eigenvalue weighted by Gasteiger charge is 2.07.